The first-order valence-electron chi connectivity index (χ1n) is 9.61. The van der Waals surface area contributed by atoms with Crippen LogP contribution in [0.5, 0.6) is 0 Å². The number of hydrogen-bond donors (Lipinski definition) is 1. The molecule has 0 radical (unpaired) electrons. The number of aliphatic hydroxyl groups excluding tert-OH is 1. The Morgan fingerprint density at radius 3 is 2.00 bits per heavy atom. The first kappa shape index (κ1) is 20.3. The number of halogens is 1. The van der Waals surface area contributed by atoms with Crippen molar-refractivity contribution in [2.45, 2.75) is 24.0 Å². The minimum atomic E-state index is -1.34. The van der Waals surface area contributed by atoms with Crippen molar-refractivity contribution < 1.29 is 14.7 Å². The fraction of sp³-hybridized carbons (Fsp3) is 0.167. The van der Waals surface area contributed by atoms with E-state index in [2.05, 4.69) is 15.9 Å². The van der Waals surface area contributed by atoms with Gasteiger partial charge in [-0.1, -0.05) is 88.7 Å². The lowest BCUT2D eigenvalue weighted by Crippen LogP contribution is -2.67. The van der Waals surface area contributed by atoms with E-state index in [1.54, 1.807) is 19.1 Å². The van der Waals surface area contributed by atoms with Crippen molar-refractivity contribution >= 4 is 33.6 Å². The summed E-state index contributed by atoms with van der Waals surface area (Å²) in [4.78, 5) is 28.6. The molecule has 30 heavy (non-hydrogen) atoms. The van der Waals surface area contributed by atoms with Crippen molar-refractivity contribution in [3.05, 3.63) is 90.5 Å². The monoisotopic (exact) mass is 464 g/mol. The Morgan fingerprint density at radius 2 is 1.40 bits per heavy atom. The second kappa shape index (κ2) is 8.05. The molecule has 0 aromatic heterocycles. The predicted octanol–water partition coefficient (Wildman–Crippen LogP) is 4.79. The van der Waals surface area contributed by atoms with Gasteiger partial charge in [0.05, 0.1) is 6.54 Å². The van der Waals surface area contributed by atoms with Crippen LogP contribution < -0.4 is 4.90 Å². The molecule has 0 bridgehead atoms. The molecule has 0 spiro atoms. The molecule has 1 fully saturated rings. The Hall–Kier alpha value is -2.96. The molecule has 6 heteroatoms. The molecule has 1 aliphatic rings. The van der Waals surface area contributed by atoms with Gasteiger partial charge in [0.25, 0.3) is 5.91 Å². The number of alkyl halides is 1. The smallest absolute Gasteiger partial charge is 0.333 e. The Morgan fingerprint density at radius 1 is 0.867 bits per heavy atom. The largest absolute Gasteiger partial charge is 0.371 e. The number of anilines is 1. The standard InChI is InChI=1S/C24H21BrN2O3/c1-24(25)21(28)26(16-17-8-4-2-5-9-17)23(30)27(22(24)29)20-14-12-19(13-15-20)18-10-6-3-7-11-18/h2-15,22,29H,16H2,1H3. The summed E-state index contributed by atoms with van der Waals surface area (Å²) in [6, 6.07) is 26.0. The number of carbonyl (C=O) groups is 2. The molecule has 2 unspecified atom stereocenters. The Balaban J connectivity index is 1.67. The first-order chi connectivity index (χ1) is 14.4. The van der Waals surface area contributed by atoms with E-state index in [1.165, 1.54) is 9.80 Å². The molecule has 1 aliphatic heterocycles. The van der Waals surface area contributed by atoms with E-state index in [9.17, 15) is 14.7 Å². The maximum atomic E-state index is 13.2. The van der Waals surface area contributed by atoms with Gasteiger partial charge in [-0.3, -0.25) is 14.6 Å². The Bertz CT molecular complexity index is 1050. The van der Waals surface area contributed by atoms with Crippen LogP contribution in [0.15, 0.2) is 84.9 Å². The van der Waals surface area contributed by atoms with Gasteiger partial charge in [-0.25, -0.2) is 4.79 Å². The molecule has 1 heterocycles. The molecule has 0 aliphatic carbocycles. The van der Waals surface area contributed by atoms with E-state index >= 15 is 0 Å². The summed E-state index contributed by atoms with van der Waals surface area (Å²) in [6.45, 7) is 1.71. The van der Waals surface area contributed by atoms with E-state index in [0.29, 0.717) is 5.69 Å². The molecule has 1 N–H and O–H groups in total. The van der Waals surface area contributed by atoms with Gasteiger partial charge in [-0.05, 0) is 35.7 Å². The lowest BCUT2D eigenvalue weighted by atomic mass is 10.0. The van der Waals surface area contributed by atoms with Gasteiger partial charge < -0.3 is 5.11 Å². The summed E-state index contributed by atoms with van der Waals surface area (Å²) >= 11 is 3.36. The number of rotatable bonds is 4. The molecule has 0 saturated carbocycles. The van der Waals surface area contributed by atoms with Gasteiger partial charge in [0, 0.05) is 5.69 Å². The number of benzene rings is 3. The summed E-state index contributed by atoms with van der Waals surface area (Å²) in [5, 5.41) is 10.9. The van der Waals surface area contributed by atoms with Crippen LogP contribution in [0.4, 0.5) is 10.5 Å². The average Bonchev–Trinajstić information content (AvgIpc) is 2.78. The molecular formula is C24H21BrN2O3. The number of carbonyl (C=O) groups excluding carboxylic acids is 2. The fourth-order valence-electron chi connectivity index (χ4n) is 3.54. The van der Waals surface area contributed by atoms with Crippen LogP contribution in [0.25, 0.3) is 11.1 Å². The quantitative estimate of drug-likeness (QED) is 0.564. The zero-order valence-electron chi connectivity index (χ0n) is 16.4. The van der Waals surface area contributed by atoms with Gasteiger partial charge in [0.1, 0.15) is 4.32 Å². The molecule has 4 rings (SSSR count). The van der Waals surface area contributed by atoms with Crippen molar-refractivity contribution in [2.24, 2.45) is 0 Å². The number of hydrogen-bond acceptors (Lipinski definition) is 3. The maximum Gasteiger partial charge on any atom is 0.333 e. The highest BCUT2D eigenvalue weighted by molar-refractivity contribution is 9.10. The van der Waals surface area contributed by atoms with Crippen LogP contribution in [0.3, 0.4) is 0 Å². The minimum Gasteiger partial charge on any atom is -0.371 e. The Kier molecular flexibility index (Phi) is 5.45. The summed E-state index contributed by atoms with van der Waals surface area (Å²) in [6.07, 6.45) is -1.34. The normalized spacial score (nSPS) is 21.8. The number of imide groups is 1. The summed E-state index contributed by atoms with van der Waals surface area (Å²) < 4.78 is -1.33. The van der Waals surface area contributed by atoms with E-state index in [4.69, 9.17) is 0 Å². The summed E-state index contributed by atoms with van der Waals surface area (Å²) in [5.41, 5.74) is 3.40. The Labute approximate surface area is 183 Å². The van der Waals surface area contributed by atoms with Crippen LogP contribution in [-0.4, -0.2) is 32.5 Å². The van der Waals surface area contributed by atoms with Crippen molar-refractivity contribution in [2.75, 3.05) is 4.90 Å². The lowest BCUT2D eigenvalue weighted by Gasteiger charge is -2.45. The van der Waals surface area contributed by atoms with Crippen LogP contribution in [0.1, 0.15) is 12.5 Å². The molecule has 3 aromatic rings. The van der Waals surface area contributed by atoms with E-state index in [0.717, 1.165) is 16.7 Å². The second-order valence-electron chi connectivity index (χ2n) is 7.39. The van der Waals surface area contributed by atoms with E-state index in [1.807, 2.05) is 72.8 Å². The van der Waals surface area contributed by atoms with Gasteiger partial charge in [-0.15, -0.1) is 0 Å². The zero-order chi connectivity index (χ0) is 21.3. The van der Waals surface area contributed by atoms with Crippen molar-refractivity contribution in [3.8, 4) is 11.1 Å². The third-order valence-electron chi connectivity index (χ3n) is 5.27. The third-order valence-corrected chi connectivity index (χ3v) is 6.01. The maximum absolute atomic E-state index is 13.2. The van der Waals surface area contributed by atoms with Crippen molar-refractivity contribution in [3.63, 3.8) is 0 Å². The van der Waals surface area contributed by atoms with E-state index < -0.39 is 22.5 Å². The molecule has 1 saturated heterocycles. The van der Waals surface area contributed by atoms with Crippen LogP contribution in [0.2, 0.25) is 0 Å². The fourth-order valence-corrected chi connectivity index (χ4v) is 3.96. The molecule has 2 atom stereocenters. The lowest BCUT2D eigenvalue weighted by molar-refractivity contribution is -0.135. The second-order valence-corrected chi connectivity index (χ2v) is 9.04. The molecular weight excluding hydrogens is 444 g/mol. The number of urea groups is 1. The van der Waals surface area contributed by atoms with Crippen molar-refractivity contribution in [1.82, 2.24) is 4.90 Å². The predicted molar refractivity (Wildman–Crippen MR) is 120 cm³/mol. The molecule has 3 aromatic carbocycles. The molecule has 5 nitrogen and oxygen atoms in total. The van der Waals surface area contributed by atoms with Gasteiger partial charge in [-0.2, -0.15) is 0 Å². The molecule has 152 valence electrons. The highest BCUT2D eigenvalue weighted by atomic mass is 79.9. The van der Waals surface area contributed by atoms with Crippen LogP contribution in [0, 0.1) is 0 Å². The number of aliphatic hydroxyl groups is 1. The van der Waals surface area contributed by atoms with Crippen LogP contribution >= 0.6 is 15.9 Å². The highest BCUT2D eigenvalue weighted by Gasteiger charge is 2.53. The highest BCUT2D eigenvalue weighted by Crippen LogP contribution is 2.37. The van der Waals surface area contributed by atoms with Gasteiger partial charge in [0.15, 0.2) is 6.23 Å². The van der Waals surface area contributed by atoms with Crippen molar-refractivity contribution in [1.29, 1.82) is 0 Å². The summed E-state index contributed by atoms with van der Waals surface area (Å²) in [5.74, 6) is -0.471. The van der Waals surface area contributed by atoms with E-state index in [-0.39, 0.29) is 6.54 Å². The number of nitrogens with zero attached hydrogens (tertiary/aromatic N) is 2. The third kappa shape index (κ3) is 3.64. The molecule has 3 amide bonds. The first-order valence-corrected chi connectivity index (χ1v) is 10.4. The number of amides is 3. The average molecular weight is 465 g/mol. The minimum absolute atomic E-state index is 0.130. The topological polar surface area (TPSA) is 60.9 Å². The summed E-state index contributed by atoms with van der Waals surface area (Å²) in [7, 11) is 0. The zero-order valence-corrected chi connectivity index (χ0v) is 18.0. The van der Waals surface area contributed by atoms with Gasteiger partial charge in [0.2, 0.25) is 0 Å². The SMILES string of the molecule is CC1(Br)C(=O)N(Cc2ccccc2)C(=O)N(c2ccc(-c3ccccc3)cc2)C1O. The van der Waals surface area contributed by atoms with Gasteiger partial charge >= 0.3 is 6.03 Å². The van der Waals surface area contributed by atoms with Crippen LogP contribution in [-0.2, 0) is 11.3 Å².